The molecule has 3 aromatic rings. The summed E-state index contributed by atoms with van der Waals surface area (Å²) >= 11 is 0. The number of para-hydroxylation sites is 1. The lowest BCUT2D eigenvalue weighted by molar-refractivity contribution is 0.544. The van der Waals surface area contributed by atoms with E-state index in [1.54, 1.807) is 0 Å². The van der Waals surface area contributed by atoms with Crippen LogP contribution in [-0.2, 0) is 19.4 Å². The Labute approximate surface area is 125 Å². The van der Waals surface area contributed by atoms with Gasteiger partial charge in [-0.2, -0.15) is 0 Å². The zero-order valence-corrected chi connectivity index (χ0v) is 12.3. The third-order valence-corrected chi connectivity index (χ3v) is 3.74. The van der Waals surface area contributed by atoms with E-state index in [2.05, 4.69) is 41.5 Å². The zero-order valence-electron chi connectivity index (χ0n) is 12.3. The highest BCUT2D eigenvalue weighted by atomic mass is 16.3. The van der Waals surface area contributed by atoms with E-state index in [-0.39, 0.29) is 0 Å². The first kappa shape index (κ1) is 13.8. The van der Waals surface area contributed by atoms with Gasteiger partial charge in [-0.1, -0.05) is 25.1 Å². The molecule has 0 saturated carbocycles. The molecular weight excluding hydrogens is 260 g/mol. The Hall–Kier alpha value is -2.13. The van der Waals surface area contributed by atoms with Crippen molar-refractivity contribution in [3.8, 4) is 0 Å². The number of rotatable bonds is 6. The second-order valence-electron chi connectivity index (χ2n) is 5.14. The molecule has 2 aromatic heterocycles. The van der Waals surface area contributed by atoms with Crippen molar-refractivity contribution in [2.24, 2.45) is 0 Å². The minimum absolute atomic E-state index is 0.852. The molecule has 0 amide bonds. The fraction of sp³-hybridized carbons (Fsp3) is 0.278. The Bertz CT molecular complexity index is 704. The lowest BCUT2D eigenvalue weighted by atomic mass is 10.1. The number of pyridine rings is 1. The highest BCUT2D eigenvalue weighted by Gasteiger charge is 2.11. The van der Waals surface area contributed by atoms with Gasteiger partial charge in [0.15, 0.2) is 0 Å². The molecule has 0 unspecified atom stereocenters. The smallest absolute Gasteiger partial charge is 0.134 e. The third-order valence-electron chi connectivity index (χ3n) is 3.74. The van der Waals surface area contributed by atoms with Crippen molar-refractivity contribution in [1.29, 1.82) is 0 Å². The maximum absolute atomic E-state index is 5.92. The summed E-state index contributed by atoms with van der Waals surface area (Å²) in [6.07, 6.45) is 5.62. The second-order valence-corrected chi connectivity index (χ2v) is 5.14. The molecule has 3 rings (SSSR count). The Morgan fingerprint density at radius 3 is 2.71 bits per heavy atom. The van der Waals surface area contributed by atoms with Crippen LogP contribution in [0.5, 0.6) is 0 Å². The van der Waals surface area contributed by atoms with E-state index < -0.39 is 0 Å². The lowest BCUT2D eigenvalue weighted by Gasteiger charge is -2.05. The summed E-state index contributed by atoms with van der Waals surface area (Å²) in [6.45, 7) is 3.94. The van der Waals surface area contributed by atoms with Gasteiger partial charge in [0.1, 0.15) is 11.3 Å². The Morgan fingerprint density at radius 1 is 1.10 bits per heavy atom. The molecule has 0 fully saturated rings. The maximum Gasteiger partial charge on any atom is 0.134 e. The van der Waals surface area contributed by atoms with Gasteiger partial charge in [0.25, 0.3) is 0 Å². The first-order chi connectivity index (χ1) is 10.4. The Morgan fingerprint density at radius 2 is 1.90 bits per heavy atom. The van der Waals surface area contributed by atoms with Gasteiger partial charge in [0.05, 0.1) is 0 Å². The van der Waals surface area contributed by atoms with E-state index in [1.807, 2.05) is 24.5 Å². The van der Waals surface area contributed by atoms with Crippen molar-refractivity contribution in [3.63, 3.8) is 0 Å². The van der Waals surface area contributed by atoms with Crippen LogP contribution < -0.4 is 5.32 Å². The van der Waals surface area contributed by atoms with Crippen molar-refractivity contribution < 1.29 is 4.42 Å². The van der Waals surface area contributed by atoms with Crippen molar-refractivity contribution in [3.05, 3.63) is 65.7 Å². The number of fused-ring (bicyclic) bond motifs is 1. The van der Waals surface area contributed by atoms with Crippen LogP contribution in [-0.4, -0.2) is 11.5 Å². The Kier molecular flexibility index (Phi) is 4.31. The van der Waals surface area contributed by atoms with Gasteiger partial charge in [-0.3, -0.25) is 4.98 Å². The number of aryl methyl sites for hydroxylation is 1. The van der Waals surface area contributed by atoms with Crippen LogP contribution in [0.25, 0.3) is 11.0 Å². The fourth-order valence-corrected chi connectivity index (χ4v) is 2.62. The van der Waals surface area contributed by atoms with E-state index in [4.69, 9.17) is 4.42 Å². The molecule has 21 heavy (non-hydrogen) atoms. The predicted octanol–water partition coefficient (Wildman–Crippen LogP) is 3.72. The standard InChI is InChI=1S/C18H20N2O/c1-2-17-16(15-5-3-4-6-18(15)21-17)13-20-12-9-14-7-10-19-11-8-14/h3-8,10-11,20H,2,9,12-13H2,1H3. The summed E-state index contributed by atoms with van der Waals surface area (Å²) in [5.41, 5.74) is 3.59. The van der Waals surface area contributed by atoms with Gasteiger partial charge < -0.3 is 9.73 Å². The van der Waals surface area contributed by atoms with E-state index >= 15 is 0 Å². The zero-order chi connectivity index (χ0) is 14.5. The number of benzene rings is 1. The highest BCUT2D eigenvalue weighted by Crippen LogP contribution is 2.26. The molecule has 2 heterocycles. The number of furan rings is 1. The lowest BCUT2D eigenvalue weighted by Crippen LogP contribution is -2.17. The first-order valence-corrected chi connectivity index (χ1v) is 7.47. The van der Waals surface area contributed by atoms with Crippen LogP contribution in [0, 0.1) is 0 Å². The number of hydrogen-bond donors (Lipinski definition) is 1. The molecule has 0 aliphatic carbocycles. The average molecular weight is 280 g/mol. The normalized spacial score (nSPS) is 11.1. The molecule has 0 saturated heterocycles. The quantitative estimate of drug-likeness (QED) is 0.699. The van der Waals surface area contributed by atoms with Crippen LogP contribution in [0.1, 0.15) is 23.8 Å². The molecule has 0 radical (unpaired) electrons. The molecule has 0 spiro atoms. The molecule has 3 heteroatoms. The van der Waals surface area contributed by atoms with Gasteiger partial charge in [-0.25, -0.2) is 0 Å². The summed E-state index contributed by atoms with van der Waals surface area (Å²) in [4.78, 5) is 4.04. The summed E-state index contributed by atoms with van der Waals surface area (Å²) in [5, 5.41) is 4.75. The minimum Gasteiger partial charge on any atom is -0.461 e. The molecule has 0 aliphatic heterocycles. The maximum atomic E-state index is 5.92. The highest BCUT2D eigenvalue weighted by molar-refractivity contribution is 5.82. The summed E-state index contributed by atoms with van der Waals surface area (Å²) in [5.74, 6) is 1.09. The van der Waals surface area contributed by atoms with Crippen molar-refractivity contribution in [2.45, 2.75) is 26.3 Å². The van der Waals surface area contributed by atoms with Crippen LogP contribution in [0.15, 0.2) is 53.2 Å². The fourth-order valence-electron chi connectivity index (χ4n) is 2.62. The third kappa shape index (κ3) is 3.14. The van der Waals surface area contributed by atoms with E-state index in [1.165, 1.54) is 16.5 Å². The van der Waals surface area contributed by atoms with E-state index in [0.717, 1.165) is 37.3 Å². The molecular formula is C18H20N2O. The van der Waals surface area contributed by atoms with Crippen molar-refractivity contribution in [2.75, 3.05) is 6.54 Å². The van der Waals surface area contributed by atoms with Gasteiger partial charge >= 0.3 is 0 Å². The van der Waals surface area contributed by atoms with Gasteiger partial charge in [-0.15, -0.1) is 0 Å². The minimum atomic E-state index is 0.852. The summed E-state index contributed by atoms with van der Waals surface area (Å²) < 4.78 is 5.92. The van der Waals surface area contributed by atoms with Crippen molar-refractivity contribution in [1.82, 2.24) is 10.3 Å². The van der Waals surface area contributed by atoms with Crippen LogP contribution in [0.3, 0.4) is 0 Å². The number of nitrogens with one attached hydrogen (secondary N) is 1. The average Bonchev–Trinajstić information content (AvgIpc) is 2.90. The van der Waals surface area contributed by atoms with Gasteiger partial charge in [0.2, 0.25) is 0 Å². The van der Waals surface area contributed by atoms with Gasteiger partial charge in [0, 0.05) is 36.3 Å². The summed E-state index contributed by atoms with van der Waals surface area (Å²) in [6, 6.07) is 12.4. The van der Waals surface area contributed by atoms with E-state index in [0.29, 0.717) is 0 Å². The summed E-state index contributed by atoms with van der Waals surface area (Å²) in [7, 11) is 0. The molecule has 108 valence electrons. The number of hydrogen-bond acceptors (Lipinski definition) is 3. The topological polar surface area (TPSA) is 38.1 Å². The Balaban J connectivity index is 1.65. The van der Waals surface area contributed by atoms with Crippen molar-refractivity contribution >= 4 is 11.0 Å². The molecule has 1 N–H and O–H groups in total. The molecule has 3 nitrogen and oxygen atoms in total. The SMILES string of the molecule is CCc1oc2ccccc2c1CNCCc1ccncc1. The molecule has 0 bridgehead atoms. The number of nitrogens with zero attached hydrogens (tertiary/aromatic N) is 1. The van der Waals surface area contributed by atoms with Crippen LogP contribution in [0.4, 0.5) is 0 Å². The predicted molar refractivity (Wildman–Crippen MR) is 85.2 cm³/mol. The number of aromatic nitrogens is 1. The second kappa shape index (κ2) is 6.55. The molecule has 0 aliphatic rings. The largest absolute Gasteiger partial charge is 0.461 e. The monoisotopic (exact) mass is 280 g/mol. The van der Waals surface area contributed by atoms with Crippen LogP contribution >= 0.6 is 0 Å². The first-order valence-electron chi connectivity index (χ1n) is 7.47. The van der Waals surface area contributed by atoms with Crippen LogP contribution in [0.2, 0.25) is 0 Å². The molecule has 0 atom stereocenters. The molecule has 1 aromatic carbocycles. The van der Waals surface area contributed by atoms with Gasteiger partial charge in [-0.05, 0) is 36.7 Å². The van der Waals surface area contributed by atoms with E-state index in [9.17, 15) is 0 Å².